The first-order chi connectivity index (χ1) is 11.7. The number of aryl methyl sites for hydroxylation is 1. The summed E-state index contributed by atoms with van der Waals surface area (Å²) in [5.41, 5.74) is 2.55. The lowest BCUT2D eigenvalue weighted by Crippen LogP contribution is -2.24. The van der Waals surface area contributed by atoms with Crippen molar-refractivity contribution in [3.8, 4) is 11.4 Å². The molecule has 0 aliphatic heterocycles. The molecule has 0 atom stereocenters. The number of carbonyl (C=O) groups excluding carboxylic acids is 1. The van der Waals surface area contributed by atoms with Crippen molar-refractivity contribution in [1.82, 2.24) is 14.9 Å². The Morgan fingerprint density at radius 1 is 1.17 bits per heavy atom. The Morgan fingerprint density at radius 2 is 1.92 bits per heavy atom. The zero-order valence-corrected chi connectivity index (χ0v) is 13.7. The number of amides is 1. The number of ether oxygens (including phenoxy) is 1. The van der Waals surface area contributed by atoms with Crippen LogP contribution < -0.4 is 10.1 Å². The van der Waals surface area contributed by atoms with E-state index in [1.54, 1.807) is 25.4 Å². The van der Waals surface area contributed by atoms with Gasteiger partial charge in [0.2, 0.25) is 0 Å². The van der Waals surface area contributed by atoms with Crippen molar-refractivity contribution in [3.63, 3.8) is 0 Å². The highest BCUT2D eigenvalue weighted by atomic mass is 16.5. The third kappa shape index (κ3) is 3.15. The van der Waals surface area contributed by atoms with Crippen molar-refractivity contribution < 1.29 is 9.53 Å². The number of rotatable bonds is 5. The molecule has 5 nitrogen and oxygen atoms in total. The number of nitrogens with one attached hydrogen (secondary N) is 1. The summed E-state index contributed by atoms with van der Waals surface area (Å²) in [7, 11) is 1.56. The summed E-state index contributed by atoms with van der Waals surface area (Å²) in [6, 6.07) is 15.1. The quantitative estimate of drug-likeness (QED) is 0.785. The van der Waals surface area contributed by atoms with E-state index >= 15 is 0 Å². The Morgan fingerprint density at radius 3 is 2.67 bits per heavy atom. The fourth-order valence-electron chi connectivity index (χ4n) is 2.63. The van der Waals surface area contributed by atoms with Gasteiger partial charge in [0, 0.05) is 18.9 Å². The molecule has 0 bridgehead atoms. The second-order valence-electron chi connectivity index (χ2n) is 5.36. The first-order valence-corrected chi connectivity index (χ1v) is 7.70. The van der Waals surface area contributed by atoms with Crippen molar-refractivity contribution in [2.45, 2.75) is 13.5 Å². The molecule has 0 aliphatic carbocycles. The Bertz CT molecular complexity index is 855. The number of imidazole rings is 1. The minimum atomic E-state index is -0.162. The van der Waals surface area contributed by atoms with Gasteiger partial charge in [0.25, 0.3) is 5.91 Å². The van der Waals surface area contributed by atoms with Crippen LogP contribution in [-0.4, -0.2) is 22.6 Å². The van der Waals surface area contributed by atoms with Gasteiger partial charge in [0.15, 0.2) is 0 Å². The second kappa shape index (κ2) is 7.00. The molecule has 1 amide bonds. The number of aromatic nitrogens is 2. The average molecular weight is 321 g/mol. The maximum Gasteiger partial charge on any atom is 0.255 e. The molecule has 1 aromatic heterocycles. The van der Waals surface area contributed by atoms with Crippen molar-refractivity contribution >= 4 is 5.91 Å². The Labute approximate surface area is 140 Å². The molecular weight excluding hydrogens is 302 g/mol. The second-order valence-corrected chi connectivity index (χ2v) is 5.36. The van der Waals surface area contributed by atoms with Crippen LogP contribution in [0.25, 0.3) is 5.69 Å². The summed E-state index contributed by atoms with van der Waals surface area (Å²) >= 11 is 0. The van der Waals surface area contributed by atoms with E-state index in [4.69, 9.17) is 4.74 Å². The van der Waals surface area contributed by atoms with E-state index in [1.807, 2.05) is 54.1 Å². The van der Waals surface area contributed by atoms with Crippen LogP contribution in [0, 0.1) is 6.92 Å². The van der Waals surface area contributed by atoms with E-state index < -0.39 is 0 Å². The molecule has 2 aromatic carbocycles. The lowest BCUT2D eigenvalue weighted by Gasteiger charge is -2.13. The summed E-state index contributed by atoms with van der Waals surface area (Å²) in [6.07, 6.45) is 3.68. The summed E-state index contributed by atoms with van der Waals surface area (Å²) in [4.78, 5) is 16.7. The number of carbonyl (C=O) groups is 1. The maximum absolute atomic E-state index is 12.5. The normalized spacial score (nSPS) is 10.4. The van der Waals surface area contributed by atoms with Crippen LogP contribution in [0.2, 0.25) is 0 Å². The Hall–Kier alpha value is -3.08. The van der Waals surface area contributed by atoms with Gasteiger partial charge in [-0.15, -0.1) is 0 Å². The van der Waals surface area contributed by atoms with Gasteiger partial charge >= 0.3 is 0 Å². The minimum Gasteiger partial charge on any atom is -0.496 e. The highest BCUT2D eigenvalue weighted by Gasteiger charge is 2.12. The first kappa shape index (κ1) is 15.8. The number of para-hydroxylation sites is 2. The third-order valence-electron chi connectivity index (χ3n) is 3.87. The summed E-state index contributed by atoms with van der Waals surface area (Å²) in [5.74, 6) is 1.30. The lowest BCUT2D eigenvalue weighted by molar-refractivity contribution is 0.0948. The molecule has 3 aromatic rings. The smallest absolute Gasteiger partial charge is 0.255 e. The lowest BCUT2D eigenvalue weighted by atomic mass is 10.1. The number of nitrogens with zero attached hydrogens (tertiary/aromatic N) is 2. The fourth-order valence-corrected chi connectivity index (χ4v) is 2.63. The standard InChI is InChI=1S/C19H19N3O2/c1-14-20-11-12-22(14)17-9-5-3-7-15(17)13-21-19(23)16-8-4-6-10-18(16)24-2/h3-12H,13H2,1-2H3,(H,21,23). The van der Waals surface area contributed by atoms with Gasteiger partial charge in [-0.1, -0.05) is 30.3 Å². The molecule has 0 fully saturated rings. The van der Waals surface area contributed by atoms with Crippen LogP contribution in [0.3, 0.4) is 0 Å². The fraction of sp³-hybridized carbons (Fsp3) is 0.158. The number of benzene rings is 2. The van der Waals surface area contributed by atoms with E-state index in [9.17, 15) is 4.79 Å². The van der Waals surface area contributed by atoms with E-state index in [0.717, 1.165) is 17.1 Å². The molecule has 1 heterocycles. The van der Waals surface area contributed by atoms with E-state index in [-0.39, 0.29) is 5.91 Å². The highest BCUT2D eigenvalue weighted by molar-refractivity contribution is 5.96. The number of hydrogen-bond donors (Lipinski definition) is 1. The van der Waals surface area contributed by atoms with Crippen LogP contribution in [0.1, 0.15) is 21.7 Å². The largest absolute Gasteiger partial charge is 0.496 e. The molecule has 0 saturated carbocycles. The van der Waals surface area contributed by atoms with Gasteiger partial charge in [-0.25, -0.2) is 4.98 Å². The molecule has 0 spiro atoms. The topological polar surface area (TPSA) is 56.1 Å². The highest BCUT2D eigenvalue weighted by Crippen LogP contribution is 2.19. The third-order valence-corrected chi connectivity index (χ3v) is 3.87. The van der Waals surface area contributed by atoms with Gasteiger partial charge < -0.3 is 14.6 Å². The minimum absolute atomic E-state index is 0.162. The first-order valence-electron chi connectivity index (χ1n) is 7.70. The molecule has 3 rings (SSSR count). The molecular formula is C19H19N3O2. The molecule has 122 valence electrons. The maximum atomic E-state index is 12.5. The summed E-state index contributed by atoms with van der Waals surface area (Å²) < 4.78 is 7.25. The molecule has 5 heteroatoms. The molecule has 0 unspecified atom stereocenters. The zero-order valence-electron chi connectivity index (χ0n) is 13.7. The van der Waals surface area contributed by atoms with Gasteiger partial charge in [0.1, 0.15) is 11.6 Å². The van der Waals surface area contributed by atoms with Crippen molar-refractivity contribution in [2.24, 2.45) is 0 Å². The number of hydrogen-bond acceptors (Lipinski definition) is 3. The van der Waals surface area contributed by atoms with Crippen molar-refractivity contribution in [3.05, 3.63) is 77.9 Å². The van der Waals surface area contributed by atoms with Crippen LogP contribution in [0.15, 0.2) is 60.9 Å². The average Bonchev–Trinajstić information content (AvgIpc) is 3.05. The molecule has 0 aliphatic rings. The van der Waals surface area contributed by atoms with Crippen LogP contribution in [-0.2, 0) is 6.54 Å². The van der Waals surface area contributed by atoms with Crippen molar-refractivity contribution in [1.29, 1.82) is 0 Å². The predicted octanol–water partition coefficient (Wildman–Crippen LogP) is 3.12. The van der Waals surface area contributed by atoms with E-state index in [0.29, 0.717) is 17.9 Å². The van der Waals surface area contributed by atoms with Gasteiger partial charge in [-0.2, -0.15) is 0 Å². The Kier molecular flexibility index (Phi) is 4.61. The van der Waals surface area contributed by atoms with Crippen LogP contribution in [0.4, 0.5) is 0 Å². The molecule has 1 N–H and O–H groups in total. The molecule has 24 heavy (non-hydrogen) atoms. The molecule has 0 saturated heterocycles. The number of methoxy groups -OCH3 is 1. The summed E-state index contributed by atoms with van der Waals surface area (Å²) in [5, 5.41) is 2.96. The monoisotopic (exact) mass is 321 g/mol. The molecule has 0 radical (unpaired) electrons. The van der Waals surface area contributed by atoms with E-state index in [2.05, 4.69) is 10.3 Å². The van der Waals surface area contributed by atoms with Gasteiger partial charge in [-0.05, 0) is 30.7 Å². The van der Waals surface area contributed by atoms with Gasteiger partial charge in [0.05, 0.1) is 18.4 Å². The predicted molar refractivity (Wildman–Crippen MR) is 92.5 cm³/mol. The van der Waals surface area contributed by atoms with E-state index in [1.165, 1.54) is 0 Å². The van der Waals surface area contributed by atoms with Crippen molar-refractivity contribution in [2.75, 3.05) is 7.11 Å². The zero-order chi connectivity index (χ0) is 16.9. The Balaban J connectivity index is 1.81. The van der Waals surface area contributed by atoms with Gasteiger partial charge in [-0.3, -0.25) is 4.79 Å². The SMILES string of the molecule is COc1ccccc1C(=O)NCc1ccccc1-n1ccnc1C. The summed E-state index contributed by atoms with van der Waals surface area (Å²) in [6.45, 7) is 2.37. The van der Waals surface area contributed by atoms with Crippen LogP contribution >= 0.6 is 0 Å². The van der Waals surface area contributed by atoms with Crippen LogP contribution in [0.5, 0.6) is 5.75 Å².